The molecule has 1 nitrogen and oxygen atoms in total. The highest BCUT2D eigenvalue weighted by molar-refractivity contribution is 6.35. The van der Waals surface area contributed by atoms with Gasteiger partial charge in [0.2, 0.25) is 0 Å². The minimum Gasteiger partial charge on any atom is -0.313 e. The molecule has 0 saturated heterocycles. The van der Waals surface area contributed by atoms with Crippen LogP contribution in [-0.4, -0.2) is 12.6 Å². The van der Waals surface area contributed by atoms with Gasteiger partial charge in [0.25, 0.3) is 0 Å². The van der Waals surface area contributed by atoms with Gasteiger partial charge in [-0.2, -0.15) is 0 Å². The van der Waals surface area contributed by atoms with Gasteiger partial charge in [-0.25, -0.2) is 0 Å². The number of hydrogen-bond acceptors (Lipinski definition) is 1. The van der Waals surface area contributed by atoms with E-state index < -0.39 is 0 Å². The van der Waals surface area contributed by atoms with E-state index in [9.17, 15) is 0 Å². The van der Waals surface area contributed by atoms with Crippen molar-refractivity contribution in [2.75, 3.05) is 6.54 Å². The summed E-state index contributed by atoms with van der Waals surface area (Å²) in [6.07, 6.45) is 6.10. The van der Waals surface area contributed by atoms with E-state index in [4.69, 9.17) is 23.2 Å². The summed E-state index contributed by atoms with van der Waals surface area (Å²) in [6, 6.07) is 6.61. The van der Waals surface area contributed by atoms with Crippen LogP contribution in [-0.2, 0) is 6.42 Å². The van der Waals surface area contributed by atoms with Crippen LogP contribution in [0.4, 0.5) is 0 Å². The Morgan fingerprint density at radius 3 is 2.63 bits per heavy atom. The Bertz CT molecular complexity index is 429. The number of rotatable bonds is 7. The highest BCUT2D eigenvalue weighted by Crippen LogP contribution is 2.33. The van der Waals surface area contributed by atoms with Gasteiger partial charge in [0.05, 0.1) is 0 Å². The largest absolute Gasteiger partial charge is 0.313 e. The van der Waals surface area contributed by atoms with Gasteiger partial charge in [-0.1, -0.05) is 49.5 Å². The third kappa shape index (κ3) is 4.66. The van der Waals surface area contributed by atoms with Crippen molar-refractivity contribution < 1.29 is 0 Å². The van der Waals surface area contributed by atoms with E-state index in [1.807, 2.05) is 12.1 Å². The summed E-state index contributed by atoms with van der Waals surface area (Å²) >= 11 is 12.3. The van der Waals surface area contributed by atoms with Crippen molar-refractivity contribution in [3.05, 3.63) is 33.8 Å². The molecule has 19 heavy (non-hydrogen) atoms. The van der Waals surface area contributed by atoms with Crippen molar-refractivity contribution in [3.8, 4) is 0 Å². The predicted molar refractivity (Wildman–Crippen MR) is 84.2 cm³/mol. The summed E-state index contributed by atoms with van der Waals surface area (Å²) in [5.74, 6) is 0. The third-order valence-electron chi connectivity index (χ3n) is 3.88. The molecule has 106 valence electrons. The number of hydrogen-bond donors (Lipinski definition) is 1. The van der Waals surface area contributed by atoms with E-state index in [0.29, 0.717) is 5.02 Å². The van der Waals surface area contributed by atoms with Crippen LogP contribution in [0.3, 0.4) is 0 Å². The van der Waals surface area contributed by atoms with E-state index >= 15 is 0 Å². The quantitative estimate of drug-likeness (QED) is 0.739. The Morgan fingerprint density at radius 2 is 2.05 bits per heavy atom. The molecular formula is C16H23Cl2N. The fourth-order valence-corrected chi connectivity index (χ4v) is 3.12. The summed E-state index contributed by atoms with van der Waals surface area (Å²) in [5.41, 5.74) is 1.48. The lowest BCUT2D eigenvalue weighted by Crippen LogP contribution is -2.35. The van der Waals surface area contributed by atoms with E-state index in [1.54, 1.807) is 0 Å². The first kappa shape index (κ1) is 15.2. The molecular weight excluding hydrogens is 277 g/mol. The van der Waals surface area contributed by atoms with Gasteiger partial charge in [-0.15, -0.1) is 0 Å². The van der Waals surface area contributed by atoms with Crippen molar-refractivity contribution in [2.24, 2.45) is 5.41 Å². The second kappa shape index (κ2) is 6.47. The number of nitrogens with one attached hydrogen (secondary N) is 1. The Balaban J connectivity index is 2.04. The van der Waals surface area contributed by atoms with Crippen LogP contribution in [0.2, 0.25) is 10.0 Å². The van der Waals surface area contributed by atoms with E-state index in [1.165, 1.54) is 31.2 Å². The lowest BCUT2D eigenvalue weighted by Gasteiger charge is -2.30. The minimum absolute atomic E-state index is 0.273. The van der Waals surface area contributed by atoms with Crippen molar-refractivity contribution in [1.29, 1.82) is 0 Å². The van der Waals surface area contributed by atoms with Crippen molar-refractivity contribution in [1.82, 2.24) is 5.32 Å². The molecule has 1 N–H and O–H groups in total. The van der Waals surface area contributed by atoms with Gasteiger partial charge in [0.1, 0.15) is 0 Å². The molecule has 1 unspecified atom stereocenters. The van der Waals surface area contributed by atoms with E-state index in [2.05, 4.69) is 25.2 Å². The van der Waals surface area contributed by atoms with Crippen LogP contribution in [0.5, 0.6) is 0 Å². The molecule has 0 heterocycles. The van der Waals surface area contributed by atoms with Crippen LogP contribution in [0.15, 0.2) is 18.2 Å². The molecule has 0 radical (unpaired) electrons. The maximum absolute atomic E-state index is 6.31. The van der Waals surface area contributed by atoms with Crippen LogP contribution in [0.25, 0.3) is 0 Å². The third-order valence-corrected chi connectivity index (χ3v) is 4.47. The smallest absolute Gasteiger partial charge is 0.0453 e. The maximum atomic E-state index is 6.31. The summed E-state index contributed by atoms with van der Waals surface area (Å²) < 4.78 is 0. The lowest BCUT2D eigenvalue weighted by atomic mass is 9.79. The van der Waals surface area contributed by atoms with Crippen LogP contribution >= 0.6 is 23.2 Å². The molecule has 3 heteroatoms. The summed E-state index contributed by atoms with van der Waals surface area (Å²) in [7, 11) is 0. The molecule has 0 amide bonds. The molecule has 0 aliphatic heterocycles. The van der Waals surface area contributed by atoms with Gasteiger partial charge in [-0.3, -0.25) is 0 Å². The van der Waals surface area contributed by atoms with Gasteiger partial charge >= 0.3 is 0 Å². The number of benzene rings is 1. The highest BCUT2D eigenvalue weighted by Gasteiger charge is 2.28. The molecule has 0 bridgehead atoms. The molecule has 1 aromatic carbocycles. The van der Waals surface area contributed by atoms with Crippen LogP contribution in [0, 0.1) is 5.41 Å². The number of halogens is 2. The molecule has 0 spiro atoms. The molecule has 1 aliphatic rings. The normalized spacial score (nSPS) is 18.3. The van der Waals surface area contributed by atoms with Crippen molar-refractivity contribution in [2.45, 2.75) is 52.0 Å². The van der Waals surface area contributed by atoms with Gasteiger partial charge in [-0.05, 0) is 48.8 Å². The van der Waals surface area contributed by atoms with Gasteiger partial charge < -0.3 is 5.32 Å². The Hall–Kier alpha value is -0.240. The van der Waals surface area contributed by atoms with Crippen LogP contribution in [0.1, 0.15) is 45.1 Å². The topological polar surface area (TPSA) is 12.0 Å². The first-order valence-electron chi connectivity index (χ1n) is 7.20. The zero-order valence-electron chi connectivity index (χ0n) is 11.8. The second-order valence-corrected chi connectivity index (χ2v) is 6.97. The first-order valence-corrected chi connectivity index (χ1v) is 7.95. The molecule has 1 aromatic rings. The molecule has 2 rings (SSSR count). The zero-order valence-corrected chi connectivity index (χ0v) is 13.3. The molecule has 1 saturated carbocycles. The van der Waals surface area contributed by atoms with E-state index in [-0.39, 0.29) is 5.41 Å². The molecule has 1 aliphatic carbocycles. The van der Waals surface area contributed by atoms with E-state index in [0.717, 1.165) is 24.0 Å². The molecule has 0 aromatic heterocycles. The fraction of sp³-hybridized carbons (Fsp3) is 0.625. The van der Waals surface area contributed by atoms with Crippen molar-refractivity contribution in [3.63, 3.8) is 0 Å². The monoisotopic (exact) mass is 299 g/mol. The molecule has 1 atom stereocenters. The highest BCUT2D eigenvalue weighted by atomic mass is 35.5. The summed E-state index contributed by atoms with van der Waals surface area (Å²) in [4.78, 5) is 0. The molecule has 1 fully saturated rings. The Kier molecular flexibility index (Phi) is 5.16. The maximum Gasteiger partial charge on any atom is 0.0453 e. The Labute approximate surface area is 126 Å². The fourth-order valence-electron chi connectivity index (χ4n) is 2.65. The zero-order chi connectivity index (χ0) is 13.9. The SMILES string of the molecule is CCCC(C)(CNC1CC1)Cc1ccc(Cl)cc1Cl. The average Bonchev–Trinajstić information content (AvgIpc) is 3.15. The first-order chi connectivity index (χ1) is 9.02. The minimum atomic E-state index is 0.273. The Morgan fingerprint density at radius 1 is 1.32 bits per heavy atom. The summed E-state index contributed by atoms with van der Waals surface area (Å²) in [5, 5.41) is 5.17. The summed E-state index contributed by atoms with van der Waals surface area (Å²) in [6.45, 7) is 5.68. The van der Waals surface area contributed by atoms with Crippen molar-refractivity contribution >= 4 is 23.2 Å². The predicted octanol–water partition coefficient (Wildman–Crippen LogP) is 5.09. The average molecular weight is 300 g/mol. The van der Waals surface area contributed by atoms with Gasteiger partial charge in [0.15, 0.2) is 0 Å². The second-order valence-electron chi connectivity index (χ2n) is 6.13. The standard InChI is InChI=1S/C16H23Cl2N/c1-3-8-16(2,11-19-14-6-7-14)10-12-4-5-13(17)9-15(12)18/h4-5,9,14,19H,3,6-8,10-11H2,1-2H3. The lowest BCUT2D eigenvalue weighted by molar-refractivity contribution is 0.274. The van der Waals surface area contributed by atoms with Crippen LogP contribution < -0.4 is 5.32 Å². The van der Waals surface area contributed by atoms with Gasteiger partial charge in [0, 0.05) is 22.6 Å².